The molecule has 0 atom stereocenters. The van der Waals surface area contributed by atoms with Crippen molar-refractivity contribution in [3.63, 3.8) is 0 Å². The van der Waals surface area contributed by atoms with Crippen molar-refractivity contribution in [1.82, 2.24) is 0 Å². The van der Waals surface area contributed by atoms with E-state index in [1.54, 1.807) is 0 Å². The average Bonchev–Trinajstić information content (AvgIpc) is 0.811. The Morgan fingerprint density at radius 1 is 1.00 bits per heavy atom. The van der Waals surface area contributed by atoms with Gasteiger partial charge in [-0.2, -0.15) is 13.2 Å². The normalized spacial score (nSPS) is 7.20. The second kappa shape index (κ2) is 4.33. The van der Waals surface area contributed by atoms with Crippen molar-refractivity contribution in [1.29, 1.82) is 0 Å². The minimum atomic E-state index is -3.08. The first kappa shape index (κ1) is 9.01. The van der Waals surface area contributed by atoms with Crippen LogP contribution in [0.15, 0.2) is 0 Å². The molecule has 4 heteroatoms. The Labute approximate surface area is 38.3 Å². The zero-order valence-corrected chi connectivity index (χ0v) is 1.63. The summed E-state index contributed by atoms with van der Waals surface area (Å²) in [6, 6.07) is 0. The summed E-state index contributed by atoms with van der Waals surface area (Å²) in [4.78, 5) is 0. The van der Waals surface area contributed by atoms with Gasteiger partial charge in [0, 0.05) is 0 Å². The van der Waals surface area contributed by atoms with Crippen molar-refractivity contribution in [3.8, 4) is 0 Å². The molecule has 0 bridgehead atoms. The Balaban J connectivity index is 0. The summed E-state index contributed by atoms with van der Waals surface area (Å²) >= 11 is 0. The van der Waals surface area contributed by atoms with Crippen molar-refractivity contribution in [3.05, 3.63) is 6.68 Å². The third-order valence-corrected chi connectivity index (χ3v) is 0. The summed E-state index contributed by atoms with van der Waals surface area (Å²) in [5.41, 5.74) is 0. The van der Waals surface area contributed by atoms with E-state index in [1.165, 1.54) is 0 Å². The van der Waals surface area contributed by atoms with Crippen LogP contribution < -0.4 is 0 Å². The van der Waals surface area contributed by atoms with Crippen molar-refractivity contribution in [2.75, 3.05) is 0 Å². The molecule has 0 N–H and O–H groups in total. The van der Waals surface area contributed by atoms with Crippen LogP contribution in [0.1, 0.15) is 0 Å². The maximum atomic E-state index is 9.58. The quantitative estimate of drug-likeness (QED) is 0.418. The summed E-state index contributed by atoms with van der Waals surface area (Å²) in [5.74, 6) is 0. The van der Waals surface area contributed by atoms with Gasteiger partial charge >= 0.3 is 24.3 Å². The van der Waals surface area contributed by atoms with E-state index < -0.39 is 6.68 Å². The number of hydrogen-bond donors (Lipinski definition) is 0. The van der Waals surface area contributed by atoms with Gasteiger partial charge in [-0.3, -0.25) is 0 Å². The molecule has 1 radical (unpaired) electrons. The van der Waals surface area contributed by atoms with Gasteiger partial charge < -0.3 is 0 Å². The second-order valence-corrected chi connectivity index (χ2v) is 0.214. The van der Waals surface area contributed by atoms with Crippen LogP contribution in [0.4, 0.5) is 13.2 Å². The monoisotopic (exact) mass is 147 g/mol. The molecule has 0 spiro atoms. The fourth-order valence-electron chi connectivity index (χ4n) is 0. The molecule has 5 heavy (non-hydrogen) atoms. The van der Waals surface area contributed by atoms with Crippen LogP contribution in [0, 0.1) is 6.68 Å². The molecule has 0 saturated heterocycles. The maximum absolute atomic E-state index is 9.58. The third kappa shape index (κ3) is 213. The summed E-state index contributed by atoms with van der Waals surface area (Å²) < 4.78 is 28.8. The summed E-state index contributed by atoms with van der Waals surface area (Å²) in [7, 11) is 0. The van der Waals surface area contributed by atoms with Crippen LogP contribution >= 0.6 is 0 Å². The molecule has 0 heterocycles. The molecular formula is CH4F3Ge. The van der Waals surface area contributed by atoms with E-state index in [9.17, 15) is 13.2 Å². The molecule has 0 aliphatic heterocycles. The van der Waals surface area contributed by atoms with E-state index in [4.69, 9.17) is 0 Å². The molecule has 0 aliphatic carbocycles. The van der Waals surface area contributed by atoms with Crippen LogP contribution in [0.3, 0.4) is 0 Å². The molecule has 0 saturated carbocycles. The van der Waals surface area contributed by atoms with Gasteiger partial charge in [-0.25, -0.2) is 0 Å². The van der Waals surface area contributed by atoms with Gasteiger partial charge in [0.05, 0.1) is 0 Å². The first-order valence-corrected chi connectivity index (χ1v) is 0.567. The average molecular weight is 146 g/mol. The van der Waals surface area contributed by atoms with Gasteiger partial charge in [0.15, 0.2) is 0 Å². The fraction of sp³-hybridized carbons (Fsp3) is 0. The topological polar surface area (TPSA) is 0 Å². The zero-order chi connectivity index (χ0) is 3.58. The van der Waals surface area contributed by atoms with Crippen LogP contribution in [0.5, 0.6) is 0 Å². The van der Waals surface area contributed by atoms with E-state index >= 15 is 0 Å². The van der Waals surface area contributed by atoms with Crippen molar-refractivity contribution < 1.29 is 13.2 Å². The molecular weight excluding hydrogens is 142 g/mol. The van der Waals surface area contributed by atoms with Crippen molar-refractivity contribution >= 4 is 17.6 Å². The van der Waals surface area contributed by atoms with Gasteiger partial charge in [0.25, 0.3) is 0 Å². The second-order valence-electron chi connectivity index (χ2n) is 0.214. The Morgan fingerprint density at radius 2 is 1.00 bits per heavy atom. The Morgan fingerprint density at radius 3 is 1.00 bits per heavy atom. The van der Waals surface area contributed by atoms with Gasteiger partial charge in [-0.05, 0) is 0 Å². The molecule has 33 valence electrons. The molecule has 0 aromatic carbocycles. The molecule has 0 aliphatic rings. The number of hydrogen-bond acceptors (Lipinski definition) is 0. The van der Waals surface area contributed by atoms with Crippen LogP contribution in [-0.2, 0) is 0 Å². The van der Waals surface area contributed by atoms with E-state index in [1.807, 2.05) is 0 Å². The molecule has 0 aromatic rings. The Bertz CT molecular complexity index is 11.6. The predicted octanol–water partition coefficient (Wildman–Crippen LogP) is -0.110. The van der Waals surface area contributed by atoms with Crippen molar-refractivity contribution in [2.24, 2.45) is 0 Å². The molecule has 0 amide bonds. The van der Waals surface area contributed by atoms with Crippen LogP contribution in [0.2, 0.25) is 0 Å². The minimum absolute atomic E-state index is 0. The van der Waals surface area contributed by atoms with Gasteiger partial charge in [0.2, 0.25) is 0 Å². The van der Waals surface area contributed by atoms with Crippen molar-refractivity contribution in [2.45, 2.75) is 0 Å². The van der Waals surface area contributed by atoms with E-state index in [2.05, 4.69) is 0 Å². The molecule has 0 aromatic heterocycles. The number of rotatable bonds is 0. The predicted molar refractivity (Wildman–Crippen MR) is 17.9 cm³/mol. The summed E-state index contributed by atoms with van der Waals surface area (Å²) in [6.45, 7) is -3.08. The standard InChI is InChI=1S/CF3.GeH4/c2-1(3)4;/h;1H4. The van der Waals surface area contributed by atoms with Crippen LogP contribution in [0.25, 0.3) is 0 Å². The molecule has 0 fully saturated rings. The molecule has 0 unspecified atom stereocenters. The van der Waals surface area contributed by atoms with E-state index in [0.29, 0.717) is 0 Å². The first-order valence-electron chi connectivity index (χ1n) is 0.567. The molecule has 0 rings (SSSR count). The van der Waals surface area contributed by atoms with E-state index in [-0.39, 0.29) is 17.6 Å². The Hall–Kier alpha value is 0.333. The summed E-state index contributed by atoms with van der Waals surface area (Å²) in [6.07, 6.45) is 0. The first-order chi connectivity index (χ1) is 1.73. The Kier molecular flexibility index (Phi) is 7.81. The molecule has 0 nitrogen and oxygen atoms in total. The van der Waals surface area contributed by atoms with E-state index in [0.717, 1.165) is 0 Å². The van der Waals surface area contributed by atoms with Crippen LogP contribution in [-0.4, -0.2) is 17.6 Å². The van der Waals surface area contributed by atoms with Gasteiger partial charge in [0.1, 0.15) is 0 Å². The SMILES string of the molecule is F[C](F)F.[GeH4]. The van der Waals surface area contributed by atoms with Gasteiger partial charge in [-0.15, -0.1) is 0 Å². The fourth-order valence-corrected chi connectivity index (χ4v) is 0. The van der Waals surface area contributed by atoms with Gasteiger partial charge in [-0.1, -0.05) is 0 Å². The third-order valence-electron chi connectivity index (χ3n) is 0. The number of halogens is 3. The summed E-state index contributed by atoms with van der Waals surface area (Å²) in [5, 5.41) is 0. The zero-order valence-electron chi connectivity index (χ0n) is 1.63.